The van der Waals surface area contributed by atoms with Crippen LogP contribution in [-0.4, -0.2) is 45.3 Å². The molecule has 1 aliphatic heterocycles. The highest BCUT2D eigenvalue weighted by molar-refractivity contribution is 6.05. The Labute approximate surface area is 183 Å². The Balaban J connectivity index is 1.81. The van der Waals surface area contributed by atoms with Crippen LogP contribution in [0.5, 0.6) is 5.75 Å². The number of benzene rings is 1. The molecule has 0 spiro atoms. The second kappa shape index (κ2) is 7.86. The summed E-state index contributed by atoms with van der Waals surface area (Å²) < 4.78 is 12.4. The Hall–Kier alpha value is -4.10. The highest BCUT2D eigenvalue weighted by Crippen LogP contribution is 2.34. The van der Waals surface area contributed by atoms with Crippen LogP contribution in [0, 0.1) is 18.8 Å². The normalized spacial score (nSPS) is 14.0. The third-order valence-corrected chi connectivity index (χ3v) is 5.01. The van der Waals surface area contributed by atoms with Gasteiger partial charge in [-0.25, -0.2) is 4.98 Å². The van der Waals surface area contributed by atoms with E-state index >= 15 is 0 Å². The van der Waals surface area contributed by atoms with Gasteiger partial charge in [0.15, 0.2) is 11.3 Å². The van der Waals surface area contributed by atoms with E-state index in [0.29, 0.717) is 40.7 Å². The van der Waals surface area contributed by atoms with E-state index in [9.17, 15) is 14.7 Å². The first kappa shape index (κ1) is 21.1. The number of hydrogen-bond acceptors (Lipinski definition) is 7. The zero-order valence-electron chi connectivity index (χ0n) is 17.7. The maximum absolute atomic E-state index is 12.4. The Bertz CT molecular complexity index is 1290. The van der Waals surface area contributed by atoms with Crippen LogP contribution >= 0.6 is 0 Å². The van der Waals surface area contributed by atoms with Gasteiger partial charge in [0.2, 0.25) is 0 Å². The number of imidazole rings is 1. The van der Waals surface area contributed by atoms with E-state index < -0.39 is 17.4 Å². The summed E-state index contributed by atoms with van der Waals surface area (Å²) in [6, 6.07) is 6.79. The molecule has 0 aliphatic carbocycles. The van der Waals surface area contributed by atoms with Crippen molar-refractivity contribution < 1.29 is 24.0 Å². The van der Waals surface area contributed by atoms with E-state index in [1.165, 1.54) is 14.0 Å². The first-order valence-corrected chi connectivity index (χ1v) is 9.80. The van der Waals surface area contributed by atoms with E-state index in [4.69, 9.17) is 15.0 Å². The van der Waals surface area contributed by atoms with Crippen LogP contribution in [0.4, 0.5) is 0 Å². The van der Waals surface area contributed by atoms with Crippen LogP contribution in [0.3, 0.4) is 0 Å². The lowest BCUT2D eigenvalue weighted by Crippen LogP contribution is -2.26. The Morgan fingerprint density at radius 2 is 2.12 bits per heavy atom. The molecule has 4 N–H and O–H groups in total. The third-order valence-electron chi connectivity index (χ3n) is 5.01. The molecule has 1 aliphatic rings. The molecule has 0 saturated carbocycles. The maximum Gasteiger partial charge on any atom is 0.270 e. The molecule has 10 heteroatoms. The summed E-state index contributed by atoms with van der Waals surface area (Å²) in [7, 11) is 1.46. The van der Waals surface area contributed by atoms with Gasteiger partial charge in [0.25, 0.3) is 11.8 Å². The SMILES string of the molecule is CNC(=O)c1c(C(N)=O)nc2n1CCOc1ccc(C#C[C@@](C)(O)c3cc(C)on3)cc1-2. The minimum absolute atomic E-state index is 0.0762. The molecule has 0 radical (unpaired) electrons. The van der Waals surface area contributed by atoms with E-state index in [-0.39, 0.29) is 18.0 Å². The minimum Gasteiger partial charge on any atom is -0.491 e. The molecule has 3 aromatic rings. The van der Waals surface area contributed by atoms with E-state index in [1.807, 2.05) is 0 Å². The molecule has 164 valence electrons. The topological polar surface area (TPSA) is 146 Å². The predicted octanol–water partition coefficient (Wildman–Crippen LogP) is 0.957. The summed E-state index contributed by atoms with van der Waals surface area (Å²) in [6.07, 6.45) is 0. The van der Waals surface area contributed by atoms with Gasteiger partial charge >= 0.3 is 0 Å². The number of nitrogens with zero attached hydrogens (tertiary/aromatic N) is 3. The number of aryl methyl sites for hydroxylation is 1. The molecule has 0 fully saturated rings. The molecule has 1 aromatic carbocycles. The molecule has 4 rings (SSSR count). The second-order valence-electron chi connectivity index (χ2n) is 7.43. The molecule has 3 heterocycles. The largest absolute Gasteiger partial charge is 0.491 e. The number of carbonyl (C=O) groups is 2. The van der Waals surface area contributed by atoms with Gasteiger partial charge in [0.05, 0.1) is 12.1 Å². The van der Waals surface area contributed by atoms with Crippen LogP contribution in [0.2, 0.25) is 0 Å². The standard InChI is InChI=1S/C22H21N5O5/c1-12-10-16(26-32-12)22(2,30)7-6-13-4-5-15-14(11-13)20-25-17(19(23)28)18(21(29)24-3)27(20)8-9-31-15/h4-5,10-11,30H,8-9H2,1-3H3,(H2,23,28)(H,24,29)/t22-/m1/s1. The number of primary amides is 1. The lowest BCUT2D eigenvalue weighted by molar-refractivity contribution is 0.0933. The van der Waals surface area contributed by atoms with Crippen molar-refractivity contribution in [2.45, 2.75) is 26.0 Å². The zero-order chi connectivity index (χ0) is 23.0. The van der Waals surface area contributed by atoms with Gasteiger partial charge < -0.3 is 30.0 Å². The summed E-state index contributed by atoms with van der Waals surface area (Å²) >= 11 is 0. The van der Waals surface area contributed by atoms with Crippen molar-refractivity contribution in [3.05, 3.63) is 52.7 Å². The average Bonchev–Trinajstić information content (AvgIpc) is 3.32. The maximum atomic E-state index is 12.4. The number of carbonyl (C=O) groups excluding carboxylic acids is 2. The fourth-order valence-electron chi connectivity index (χ4n) is 3.41. The molecule has 2 amide bonds. The van der Waals surface area contributed by atoms with Gasteiger partial charge in [-0.3, -0.25) is 9.59 Å². The van der Waals surface area contributed by atoms with Crippen molar-refractivity contribution in [3.63, 3.8) is 0 Å². The third kappa shape index (κ3) is 3.70. The number of fused-ring (bicyclic) bond motifs is 3. The van der Waals surface area contributed by atoms with Gasteiger partial charge in [-0.15, -0.1) is 0 Å². The Morgan fingerprint density at radius 1 is 1.34 bits per heavy atom. The average molecular weight is 435 g/mol. The van der Waals surface area contributed by atoms with Crippen LogP contribution < -0.4 is 15.8 Å². The van der Waals surface area contributed by atoms with Gasteiger partial charge in [-0.1, -0.05) is 17.0 Å². The fourth-order valence-corrected chi connectivity index (χ4v) is 3.41. The molecular weight excluding hydrogens is 414 g/mol. The van der Waals surface area contributed by atoms with Crippen molar-refractivity contribution in [1.29, 1.82) is 0 Å². The van der Waals surface area contributed by atoms with Crippen molar-refractivity contribution >= 4 is 11.8 Å². The Morgan fingerprint density at radius 3 is 2.78 bits per heavy atom. The zero-order valence-corrected chi connectivity index (χ0v) is 17.7. The van der Waals surface area contributed by atoms with Gasteiger partial charge in [-0.05, 0) is 32.0 Å². The summed E-state index contributed by atoms with van der Waals surface area (Å²) in [4.78, 5) is 28.7. The van der Waals surface area contributed by atoms with Crippen molar-refractivity contribution in [3.8, 4) is 29.0 Å². The molecule has 0 unspecified atom stereocenters. The quantitative estimate of drug-likeness (QED) is 0.519. The van der Waals surface area contributed by atoms with Crippen molar-refractivity contribution in [1.82, 2.24) is 20.0 Å². The summed E-state index contributed by atoms with van der Waals surface area (Å²) in [6.45, 7) is 3.81. The number of nitrogens with one attached hydrogen (secondary N) is 1. The van der Waals surface area contributed by atoms with Crippen LogP contribution in [0.15, 0.2) is 28.8 Å². The molecule has 1 atom stereocenters. The highest BCUT2D eigenvalue weighted by Gasteiger charge is 2.29. The number of hydrogen-bond donors (Lipinski definition) is 3. The van der Waals surface area contributed by atoms with E-state index in [1.54, 1.807) is 35.8 Å². The first-order chi connectivity index (χ1) is 15.2. The van der Waals surface area contributed by atoms with E-state index in [0.717, 1.165) is 0 Å². The van der Waals surface area contributed by atoms with Crippen LogP contribution in [-0.2, 0) is 12.1 Å². The molecular formula is C22H21N5O5. The number of aromatic nitrogens is 3. The lowest BCUT2D eigenvalue weighted by atomic mass is 10.0. The van der Waals surface area contributed by atoms with Crippen LogP contribution in [0.1, 0.15) is 44.9 Å². The smallest absolute Gasteiger partial charge is 0.270 e. The number of rotatable bonds is 3. The lowest BCUT2D eigenvalue weighted by Gasteiger charge is -2.11. The predicted molar refractivity (Wildman–Crippen MR) is 113 cm³/mol. The monoisotopic (exact) mass is 435 g/mol. The fraction of sp³-hybridized carbons (Fsp3) is 0.273. The molecule has 0 saturated heterocycles. The minimum atomic E-state index is -1.52. The number of nitrogens with two attached hydrogens (primary N) is 1. The van der Waals surface area contributed by atoms with Gasteiger partial charge in [0.1, 0.15) is 35.3 Å². The highest BCUT2D eigenvalue weighted by atomic mass is 16.5. The first-order valence-electron chi connectivity index (χ1n) is 9.80. The van der Waals surface area contributed by atoms with Crippen molar-refractivity contribution in [2.75, 3.05) is 13.7 Å². The second-order valence-corrected chi connectivity index (χ2v) is 7.43. The van der Waals surface area contributed by atoms with Crippen molar-refractivity contribution in [2.24, 2.45) is 5.73 Å². The van der Waals surface area contributed by atoms with Crippen LogP contribution in [0.25, 0.3) is 11.4 Å². The van der Waals surface area contributed by atoms with Gasteiger partial charge in [0, 0.05) is 18.7 Å². The summed E-state index contributed by atoms with van der Waals surface area (Å²) in [5.41, 5.74) is 5.32. The van der Waals surface area contributed by atoms with Gasteiger partial charge in [-0.2, -0.15) is 0 Å². The molecule has 10 nitrogen and oxygen atoms in total. The van der Waals surface area contributed by atoms with E-state index in [2.05, 4.69) is 27.3 Å². The molecule has 32 heavy (non-hydrogen) atoms. The summed E-state index contributed by atoms with van der Waals surface area (Å²) in [5, 5.41) is 17.0. The molecule has 2 aromatic heterocycles. The summed E-state index contributed by atoms with van der Waals surface area (Å²) in [5.74, 6) is 5.89. The number of ether oxygens (including phenoxy) is 1. The number of aliphatic hydroxyl groups is 1. The Kier molecular flexibility index (Phi) is 5.20. The molecule has 0 bridgehead atoms. The number of amides is 2.